The van der Waals surface area contributed by atoms with E-state index in [4.69, 9.17) is 4.74 Å². The van der Waals surface area contributed by atoms with E-state index in [1.54, 1.807) is 29.2 Å². The first-order chi connectivity index (χ1) is 14.2. The molecule has 1 atom stereocenters. The van der Waals surface area contributed by atoms with Crippen LogP contribution >= 0.6 is 0 Å². The van der Waals surface area contributed by atoms with E-state index in [2.05, 4.69) is 5.32 Å². The molecule has 0 spiro atoms. The first-order valence-corrected chi connectivity index (χ1v) is 9.69. The Morgan fingerprint density at radius 3 is 2.50 bits per heavy atom. The van der Waals surface area contributed by atoms with Gasteiger partial charge in [-0.2, -0.15) is 13.2 Å². The lowest BCUT2D eigenvalue weighted by Crippen LogP contribution is -2.42. The van der Waals surface area contributed by atoms with Crippen LogP contribution in [0.5, 0.6) is 5.75 Å². The Morgan fingerprint density at radius 1 is 1.10 bits per heavy atom. The second-order valence-electron chi connectivity index (χ2n) is 7.26. The number of hydrogen-bond donors (Lipinski definition) is 1. The summed E-state index contributed by atoms with van der Waals surface area (Å²) in [7, 11) is 1.20. The van der Waals surface area contributed by atoms with Gasteiger partial charge >= 0.3 is 6.18 Å². The lowest BCUT2D eigenvalue weighted by atomic mass is 10.0. The Balaban J connectivity index is 1.87. The first kappa shape index (κ1) is 21.7. The van der Waals surface area contributed by atoms with Crippen LogP contribution in [0.2, 0.25) is 0 Å². The third-order valence-corrected chi connectivity index (χ3v) is 5.24. The summed E-state index contributed by atoms with van der Waals surface area (Å²) in [5, 5.41) is 2.65. The van der Waals surface area contributed by atoms with Gasteiger partial charge in [-0.3, -0.25) is 9.59 Å². The molecule has 0 radical (unpaired) electrons. The van der Waals surface area contributed by atoms with Crippen LogP contribution in [-0.4, -0.2) is 36.4 Å². The maximum atomic E-state index is 13.1. The highest BCUT2D eigenvalue weighted by Gasteiger charge is 2.32. The quantitative estimate of drug-likeness (QED) is 0.759. The molecule has 2 aromatic carbocycles. The summed E-state index contributed by atoms with van der Waals surface area (Å²) in [5.41, 5.74) is -0.331. The second-order valence-corrected chi connectivity index (χ2v) is 7.26. The SMILES string of the molecule is COc1cc(C(F)(F)F)ccc1C(=O)Nc1ccccc1C(=O)N1CCCCC1C. The molecule has 8 heteroatoms. The molecule has 0 aliphatic carbocycles. The molecule has 160 valence electrons. The molecule has 0 saturated carbocycles. The van der Waals surface area contributed by atoms with Gasteiger partial charge in [0.25, 0.3) is 11.8 Å². The molecule has 5 nitrogen and oxygen atoms in total. The van der Waals surface area contributed by atoms with Crippen LogP contribution in [0.15, 0.2) is 42.5 Å². The third kappa shape index (κ3) is 4.58. The average molecular weight is 420 g/mol. The number of ether oxygens (including phenoxy) is 1. The molecule has 1 fully saturated rings. The average Bonchev–Trinajstić information content (AvgIpc) is 2.73. The summed E-state index contributed by atoms with van der Waals surface area (Å²) in [6.45, 7) is 2.64. The van der Waals surface area contributed by atoms with E-state index in [0.717, 1.165) is 37.5 Å². The van der Waals surface area contributed by atoms with Crippen LogP contribution in [-0.2, 0) is 6.18 Å². The molecular weight excluding hydrogens is 397 g/mol. The van der Waals surface area contributed by atoms with Crippen LogP contribution in [0.1, 0.15) is 52.5 Å². The van der Waals surface area contributed by atoms with Crippen molar-refractivity contribution in [3.05, 3.63) is 59.2 Å². The molecule has 0 aromatic heterocycles. The van der Waals surface area contributed by atoms with Crippen molar-refractivity contribution < 1.29 is 27.5 Å². The summed E-state index contributed by atoms with van der Waals surface area (Å²) in [6.07, 6.45) is -1.64. The standard InChI is InChI=1S/C22H23F3N2O3/c1-14-7-5-6-12-27(14)21(29)16-8-3-4-9-18(16)26-20(28)17-11-10-15(22(23,24)25)13-19(17)30-2/h3-4,8-11,13-14H,5-7,12H2,1-2H3,(H,26,28). The van der Waals surface area contributed by atoms with Gasteiger partial charge in [0.15, 0.2) is 0 Å². The fourth-order valence-electron chi connectivity index (χ4n) is 3.58. The van der Waals surface area contributed by atoms with Crippen LogP contribution in [0.25, 0.3) is 0 Å². The topological polar surface area (TPSA) is 58.6 Å². The minimum absolute atomic E-state index is 0.0564. The number of anilines is 1. The summed E-state index contributed by atoms with van der Waals surface area (Å²) in [6, 6.07) is 9.37. The molecule has 3 rings (SSSR count). The van der Waals surface area contributed by atoms with Gasteiger partial charge in [-0.25, -0.2) is 0 Å². The van der Waals surface area contributed by atoms with E-state index in [1.807, 2.05) is 6.92 Å². The summed E-state index contributed by atoms with van der Waals surface area (Å²) < 4.78 is 43.8. The summed E-state index contributed by atoms with van der Waals surface area (Å²) in [4.78, 5) is 27.6. The van der Waals surface area contributed by atoms with E-state index in [-0.39, 0.29) is 23.3 Å². The number of nitrogens with one attached hydrogen (secondary N) is 1. The largest absolute Gasteiger partial charge is 0.496 e. The van der Waals surface area contributed by atoms with E-state index >= 15 is 0 Å². The predicted octanol–water partition coefficient (Wildman–Crippen LogP) is 4.98. The van der Waals surface area contributed by atoms with Crippen molar-refractivity contribution in [1.82, 2.24) is 4.90 Å². The van der Waals surface area contributed by atoms with E-state index < -0.39 is 17.6 Å². The minimum atomic E-state index is -4.55. The van der Waals surface area contributed by atoms with Crippen molar-refractivity contribution in [1.29, 1.82) is 0 Å². The Hall–Kier alpha value is -3.03. The highest BCUT2D eigenvalue weighted by atomic mass is 19.4. The molecule has 1 unspecified atom stereocenters. The number of methoxy groups -OCH3 is 1. The van der Waals surface area contributed by atoms with Crippen LogP contribution in [0.3, 0.4) is 0 Å². The van der Waals surface area contributed by atoms with Crippen LogP contribution < -0.4 is 10.1 Å². The Kier molecular flexibility index (Phi) is 6.34. The van der Waals surface area contributed by atoms with Crippen molar-refractivity contribution in [2.45, 2.75) is 38.4 Å². The normalized spacial score (nSPS) is 16.8. The van der Waals surface area contributed by atoms with Crippen molar-refractivity contribution in [2.75, 3.05) is 19.0 Å². The number of carbonyl (C=O) groups excluding carboxylic acids is 2. The zero-order valence-electron chi connectivity index (χ0n) is 16.8. The fraction of sp³-hybridized carbons (Fsp3) is 0.364. The molecule has 1 saturated heterocycles. The maximum Gasteiger partial charge on any atom is 0.416 e. The van der Waals surface area contributed by atoms with Crippen LogP contribution in [0.4, 0.5) is 18.9 Å². The number of piperidine rings is 1. The summed E-state index contributed by atoms with van der Waals surface area (Å²) in [5.74, 6) is -1.04. The number of halogens is 3. The molecule has 1 aliphatic heterocycles. The Bertz CT molecular complexity index is 943. The zero-order chi connectivity index (χ0) is 21.9. The molecule has 2 amide bonds. The number of amides is 2. The Labute approximate surface area is 172 Å². The van der Waals surface area contributed by atoms with Gasteiger partial charge in [-0.1, -0.05) is 12.1 Å². The highest BCUT2D eigenvalue weighted by molar-refractivity contribution is 6.10. The van der Waals surface area contributed by atoms with Gasteiger partial charge in [0.2, 0.25) is 0 Å². The van der Waals surface area contributed by atoms with Gasteiger partial charge in [0.05, 0.1) is 29.5 Å². The molecule has 1 aliphatic rings. The highest BCUT2D eigenvalue weighted by Crippen LogP contribution is 2.33. The van der Waals surface area contributed by atoms with Gasteiger partial charge < -0.3 is 15.0 Å². The van der Waals surface area contributed by atoms with Crippen LogP contribution in [0, 0.1) is 0 Å². The van der Waals surface area contributed by atoms with Gasteiger partial charge in [-0.15, -0.1) is 0 Å². The van der Waals surface area contributed by atoms with Crippen molar-refractivity contribution in [3.63, 3.8) is 0 Å². The number of rotatable bonds is 4. The lowest BCUT2D eigenvalue weighted by molar-refractivity contribution is -0.137. The van der Waals surface area contributed by atoms with E-state index in [9.17, 15) is 22.8 Å². The molecule has 30 heavy (non-hydrogen) atoms. The van der Waals surface area contributed by atoms with Crippen molar-refractivity contribution >= 4 is 17.5 Å². The predicted molar refractivity (Wildman–Crippen MR) is 107 cm³/mol. The first-order valence-electron chi connectivity index (χ1n) is 9.69. The number of carbonyl (C=O) groups is 2. The maximum absolute atomic E-state index is 13.1. The fourth-order valence-corrected chi connectivity index (χ4v) is 3.58. The van der Waals surface area contributed by atoms with Gasteiger partial charge in [-0.05, 0) is 56.5 Å². The number of nitrogens with zero attached hydrogens (tertiary/aromatic N) is 1. The molecule has 1 N–H and O–H groups in total. The second kappa shape index (κ2) is 8.77. The van der Waals surface area contributed by atoms with E-state index in [0.29, 0.717) is 17.8 Å². The number of para-hydroxylation sites is 1. The summed E-state index contributed by atoms with van der Waals surface area (Å²) >= 11 is 0. The van der Waals surface area contributed by atoms with Gasteiger partial charge in [0.1, 0.15) is 5.75 Å². The molecule has 1 heterocycles. The van der Waals surface area contributed by atoms with Crippen molar-refractivity contribution in [3.8, 4) is 5.75 Å². The minimum Gasteiger partial charge on any atom is -0.496 e. The molecular formula is C22H23F3N2O3. The number of alkyl halides is 3. The molecule has 0 bridgehead atoms. The number of benzene rings is 2. The van der Waals surface area contributed by atoms with Gasteiger partial charge in [0, 0.05) is 12.6 Å². The smallest absolute Gasteiger partial charge is 0.416 e. The molecule has 2 aromatic rings. The third-order valence-electron chi connectivity index (χ3n) is 5.24. The lowest BCUT2D eigenvalue weighted by Gasteiger charge is -2.34. The Morgan fingerprint density at radius 2 is 1.83 bits per heavy atom. The van der Waals surface area contributed by atoms with Crippen molar-refractivity contribution in [2.24, 2.45) is 0 Å². The monoisotopic (exact) mass is 420 g/mol. The number of likely N-dealkylation sites (tertiary alicyclic amines) is 1. The number of hydrogen-bond acceptors (Lipinski definition) is 3. The van der Waals surface area contributed by atoms with E-state index in [1.165, 1.54) is 7.11 Å². The zero-order valence-corrected chi connectivity index (χ0v) is 16.8.